The number of ether oxygens (including phenoxy) is 1. The molecular formula is C15H25F3O2. The summed E-state index contributed by atoms with van der Waals surface area (Å²) in [6, 6.07) is 0. The van der Waals surface area contributed by atoms with Crippen molar-refractivity contribution < 1.29 is 22.7 Å². The zero-order valence-electron chi connectivity index (χ0n) is 12.0. The lowest BCUT2D eigenvalue weighted by Crippen LogP contribution is -2.06. The van der Waals surface area contributed by atoms with Crippen LogP contribution < -0.4 is 0 Å². The second kappa shape index (κ2) is 11.8. The summed E-state index contributed by atoms with van der Waals surface area (Å²) in [5.74, 6) is -0.385. The van der Waals surface area contributed by atoms with Crippen molar-refractivity contribution >= 4 is 5.97 Å². The summed E-state index contributed by atoms with van der Waals surface area (Å²) in [5.41, 5.74) is 0. The monoisotopic (exact) mass is 294 g/mol. The quantitative estimate of drug-likeness (QED) is 0.282. The molecule has 0 unspecified atom stereocenters. The topological polar surface area (TPSA) is 26.3 Å². The van der Waals surface area contributed by atoms with Crippen molar-refractivity contribution in [3.8, 4) is 0 Å². The Morgan fingerprint density at radius 2 is 1.35 bits per heavy atom. The average Bonchev–Trinajstić information content (AvgIpc) is 2.38. The number of rotatable bonds is 12. The van der Waals surface area contributed by atoms with Crippen LogP contribution in [0.2, 0.25) is 0 Å². The fraction of sp³-hybridized carbons (Fsp3) is 0.800. The zero-order valence-corrected chi connectivity index (χ0v) is 12.0. The third-order valence-electron chi connectivity index (χ3n) is 3.02. The van der Waals surface area contributed by atoms with Crippen LogP contribution in [-0.2, 0) is 9.53 Å². The summed E-state index contributed by atoms with van der Waals surface area (Å²) in [6.45, 7) is 3.74. The molecule has 0 saturated heterocycles. The van der Waals surface area contributed by atoms with Crippen molar-refractivity contribution in [2.45, 2.75) is 70.4 Å². The van der Waals surface area contributed by atoms with Gasteiger partial charge >= 0.3 is 12.1 Å². The van der Waals surface area contributed by atoms with Crippen LogP contribution in [0.5, 0.6) is 0 Å². The van der Waals surface area contributed by atoms with E-state index in [1.807, 2.05) is 0 Å². The molecule has 0 radical (unpaired) electrons. The predicted molar refractivity (Wildman–Crippen MR) is 73.4 cm³/mol. The first-order valence-electron chi connectivity index (χ1n) is 7.31. The summed E-state index contributed by atoms with van der Waals surface area (Å²) in [6.07, 6.45) is 4.39. The van der Waals surface area contributed by atoms with E-state index in [0.717, 1.165) is 51.0 Å². The van der Waals surface area contributed by atoms with Gasteiger partial charge < -0.3 is 4.74 Å². The van der Waals surface area contributed by atoms with Gasteiger partial charge in [-0.2, -0.15) is 13.2 Å². The van der Waals surface area contributed by atoms with Gasteiger partial charge in [0.1, 0.15) is 0 Å². The molecule has 0 aromatic carbocycles. The molecule has 0 amide bonds. The van der Waals surface area contributed by atoms with Crippen LogP contribution >= 0.6 is 0 Å². The molecule has 0 aromatic heterocycles. The van der Waals surface area contributed by atoms with Gasteiger partial charge in [0.15, 0.2) is 0 Å². The first-order valence-corrected chi connectivity index (χ1v) is 7.31. The number of esters is 1. The van der Waals surface area contributed by atoms with E-state index in [0.29, 0.717) is 13.0 Å². The molecule has 2 nitrogen and oxygen atoms in total. The largest absolute Gasteiger partial charge is 0.463 e. The molecule has 0 aliphatic heterocycles. The Labute approximate surface area is 119 Å². The summed E-state index contributed by atoms with van der Waals surface area (Å²) >= 11 is 0. The Balaban J connectivity index is 3.10. The van der Waals surface area contributed by atoms with Crippen molar-refractivity contribution in [3.05, 3.63) is 12.7 Å². The minimum Gasteiger partial charge on any atom is -0.463 e. The number of halogens is 3. The van der Waals surface area contributed by atoms with Gasteiger partial charge in [-0.15, -0.1) is 0 Å². The molecule has 0 N–H and O–H groups in total. The molecule has 0 bridgehead atoms. The van der Waals surface area contributed by atoms with E-state index in [-0.39, 0.29) is 12.4 Å². The summed E-state index contributed by atoms with van der Waals surface area (Å²) in [4.78, 5) is 10.7. The third kappa shape index (κ3) is 15.1. The number of hydrogen-bond acceptors (Lipinski definition) is 2. The molecule has 0 saturated carbocycles. The average molecular weight is 294 g/mol. The Morgan fingerprint density at radius 3 is 1.80 bits per heavy atom. The van der Waals surface area contributed by atoms with E-state index in [9.17, 15) is 18.0 Å². The summed E-state index contributed by atoms with van der Waals surface area (Å²) in [5, 5.41) is 0. The lowest BCUT2D eigenvalue weighted by molar-refractivity contribution is -0.138. The van der Waals surface area contributed by atoms with Gasteiger partial charge in [-0.05, 0) is 12.8 Å². The normalized spacial score (nSPS) is 11.3. The lowest BCUT2D eigenvalue weighted by atomic mass is 10.1. The molecule has 0 fully saturated rings. The van der Waals surface area contributed by atoms with Crippen LogP contribution in [0.4, 0.5) is 13.2 Å². The second-order valence-corrected chi connectivity index (χ2v) is 4.92. The standard InChI is InChI=1S/C15H25F3O2/c1-2-14(19)20-13-11-9-7-5-3-4-6-8-10-12-15(16,17)18/h2H,1,3-13H2. The van der Waals surface area contributed by atoms with Crippen molar-refractivity contribution in [1.29, 1.82) is 0 Å². The number of carbonyl (C=O) groups is 1. The minimum absolute atomic E-state index is 0.248. The summed E-state index contributed by atoms with van der Waals surface area (Å²) in [7, 11) is 0. The van der Waals surface area contributed by atoms with E-state index in [1.54, 1.807) is 0 Å². The van der Waals surface area contributed by atoms with Crippen molar-refractivity contribution in [2.24, 2.45) is 0 Å². The van der Waals surface area contributed by atoms with Crippen LogP contribution in [0.25, 0.3) is 0 Å². The maximum absolute atomic E-state index is 11.9. The van der Waals surface area contributed by atoms with Gasteiger partial charge in [-0.25, -0.2) is 4.79 Å². The van der Waals surface area contributed by atoms with Crippen molar-refractivity contribution in [3.63, 3.8) is 0 Å². The smallest absolute Gasteiger partial charge is 0.389 e. The van der Waals surface area contributed by atoms with E-state index in [2.05, 4.69) is 6.58 Å². The third-order valence-corrected chi connectivity index (χ3v) is 3.02. The molecule has 0 heterocycles. The SMILES string of the molecule is C=CC(=O)OCCCCCCCCCCCC(F)(F)F. The summed E-state index contributed by atoms with van der Waals surface area (Å²) < 4.78 is 40.4. The van der Waals surface area contributed by atoms with Gasteiger partial charge in [0, 0.05) is 12.5 Å². The fourth-order valence-corrected chi connectivity index (χ4v) is 1.90. The fourth-order valence-electron chi connectivity index (χ4n) is 1.90. The Bertz CT molecular complexity index is 262. The van der Waals surface area contributed by atoms with E-state index in [4.69, 9.17) is 4.74 Å². The van der Waals surface area contributed by atoms with E-state index >= 15 is 0 Å². The van der Waals surface area contributed by atoms with Gasteiger partial charge in [-0.1, -0.05) is 51.5 Å². The molecule has 0 spiro atoms. The Kier molecular flexibility index (Phi) is 11.2. The molecule has 0 aliphatic carbocycles. The molecule has 0 aliphatic rings. The first kappa shape index (κ1) is 19.0. The van der Waals surface area contributed by atoms with Crippen LogP contribution in [0.3, 0.4) is 0 Å². The van der Waals surface area contributed by atoms with Gasteiger partial charge in [0.05, 0.1) is 6.61 Å². The highest BCUT2D eigenvalue weighted by Crippen LogP contribution is 2.23. The first-order chi connectivity index (χ1) is 9.45. The number of carbonyl (C=O) groups excluding carboxylic acids is 1. The van der Waals surface area contributed by atoms with Crippen LogP contribution in [0.1, 0.15) is 64.2 Å². The van der Waals surface area contributed by atoms with Crippen LogP contribution in [0, 0.1) is 0 Å². The van der Waals surface area contributed by atoms with Crippen molar-refractivity contribution in [1.82, 2.24) is 0 Å². The molecular weight excluding hydrogens is 269 g/mol. The van der Waals surface area contributed by atoms with Crippen molar-refractivity contribution in [2.75, 3.05) is 6.61 Å². The van der Waals surface area contributed by atoms with Crippen LogP contribution in [-0.4, -0.2) is 18.8 Å². The molecule has 0 atom stereocenters. The van der Waals surface area contributed by atoms with Crippen LogP contribution in [0.15, 0.2) is 12.7 Å². The Hall–Kier alpha value is -1.00. The maximum atomic E-state index is 11.9. The molecule has 118 valence electrons. The second-order valence-electron chi connectivity index (χ2n) is 4.92. The number of hydrogen-bond donors (Lipinski definition) is 0. The van der Waals surface area contributed by atoms with E-state index in [1.165, 1.54) is 0 Å². The van der Waals surface area contributed by atoms with Gasteiger partial charge in [0.2, 0.25) is 0 Å². The molecule has 5 heteroatoms. The number of unbranched alkanes of at least 4 members (excludes halogenated alkanes) is 8. The minimum atomic E-state index is -4.00. The van der Waals surface area contributed by atoms with E-state index < -0.39 is 12.6 Å². The highest BCUT2D eigenvalue weighted by atomic mass is 19.4. The molecule has 0 rings (SSSR count). The maximum Gasteiger partial charge on any atom is 0.389 e. The molecule has 0 aromatic rings. The Morgan fingerprint density at radius 1 is 0.900 bits per heavy atom. The predicted octanol–water partition coefficient (Wildman–Crippen LogP) is 5.18. The zero-order chi connectivity index (χ0) is 15.3. The van der Waals surface area contributed by atoms with Gasteiger partial charge in [0.25, 0.3) is 0 Å². The molecule has 20 heavy (non-hydrogen) atoms. The van der Waals surface area contributed by atoms with Gasteiger partial charge in [-0.3, -0.25) is 0 Å². The lowest BCUT2D eigenvalue weighted by Gasteiger charge is -2.05. The highest BCUT2D eigenvalue weighted by Gasteiger charge is 2.25. The number of alkyl halides is 3. The highest BCUT2D eigenvalue weighted by molar-refractivity contribution is 5.81.